The molecule has 0 bridgehead atoms. The van der Waals surface area contributed by atoms with E-state index in [-0.39, 0.29) is 6.04 Å². The van der Waals surface area contributed by atoms with Crippen LogP contribution in [0.1, 0.15) is 24.2 Å². The van der Waals surface area contributed by atoms with Crippen molar-refractivity contribution in [1.82, 2.24) is 10.3 Å². The summed E-state index contributed by atoms with van der Waals surface area (Å²) in [5.74, 6) is 0. The molecule has 0 fully saturated rings. The fourth-order valence-electron chi connectivity index (χ4n) is 1.53. The van der Waals surface area contributed by atoms with Gasteiger partial charge in [0.15, 0.2) is 5.13 Å². The fraction of sp³-hybridized carbons (Fsp3) is 0.308. The van der Waals surface area contributed by atoms with Crippen molar-refractivity contribution in [2.24, 2.45) is 0 Å². The van der Waals surface area contributed by atoms with Crippen LogP contribution in [0.25, 0.3) is 0 Å². The smallest absolute Gasteiger partial charge is 0.187 e. The average molecular weight is 326 g/mol. The van der Waals surface area contributed by atoms with Gasteiger partial charge in [0, 0.05) is 15.9 Å². The maximum absolute atomic E-state index is 4.56. The van der Waals surface area contributed by atoms with Crippen LogP contribution in [0.4, 0.5) is 10.8 Å². The fourth-order valence-corrected chi connectivity index (χ4v) is 2.94. The van der Waals surface area contributed by atoms with E-state index in [0.29, 0.717) is 0 Å². The zero-order chi connectivity index (χ0) is 13.1. The maximum Gasteiger partial charge on any atom is 0.187 e. The summed E-state index contributed by atoms with van der Waals surface area (Å²) in [6.45, 7) is 4.17. The molecule has 0 saturated heterocycles. The minimum Gasteiger partial charge on any atom is -0.331 e. The Morgan fingerprint density at radius 1 is 1.39 bits per heavy atom. The zero-order valence-corrected chi connectivity index (χ0v) is 13.0. The van der Waals surface area contributed by atoms with Gasteiger partial charge < -0.3 is 10.6 Å². The van der Waals surface area contributed by atoms with E-state index >= 15 is 0 Å². The quantitative estimate of drug-likeness (QED) is 0.882. The largest absolute Gasteiger partial charge is 0.331 e. The topological polar surface area (TPSA) is 37.0 Å². The van der Waals surface area contributed by atoms with Gasteiger partial charge >= 0.3 is 0 Å². The van der Waals surface area contributed by atoms with Gasteiger partial charge in [0.1, 0.15) is 0 Å². The first-order valence-corrected chi connectivity index (χ1v) is 7.43. The Hall–Kier alpha value is -0.910. The van der Waals surface area contributed by atoms with Crippen LogP contribution in [0.2, 0.25) is 0 Å². The van der Waals surface area contributed by atoms with Crippen LogP contribution in [0, 0.1) is 6.92 Å². The van der Waals surface area contributed by atoms with E-state index < -0.39 is 0 Å². The predicted molar refractivity (Wildman–Crippen MR) is 81.8 cm³/mol. The van der Waals surface area contributed by atoms with Crippen molar-refractivity contribution in [3.05, 3.63) is 39.3 Å². The lowest BCUT2D eigenvalue weighted by Gasteiger charge is -2.07. The van der Waals surface area contributed by atoms with Crippen molar-refractivity contribution in [3.63, 3.8) is 0 Å². The molecule has 1 aromatic heterocycles. The molecule has 0 amide bonds. The molecule has 2 rings (SSSR count). The summed E-state index contributed by atoms with van der Waals surface area (Å²) in [6, 6.07) is 6.51. The molecule has 0 saturated carbocycles. The van der Waals surface area contributed by atoms with Gasteiger partial charge in [-0.1, -0.05) is 6.07 Å². The Labute approximate surface area is 120 Å². The van der Waals surface area contributed by atoms with Crippen LogP contribution in [0.15, 0.2) is 28.1 Å². The third-order valence-corrected chi connectivity index (χ3v) is 4.20. The molecule has 18 heavy (non-hydrogen) atoms. The number of benzene rings is 1. The van der Waals surface area contributed by atoms with Gasteiger partial charge in [-0.05, 0) is 54.5 Å². The highest BCUT2D eigenvalue weighted by Crippen LogP contribution is 2.29. The van der Waals surface area contributed by atoms with Gasteiger partial charge in [-0.3, -0.25) is 0 Å². The highest BCUT2D eigenvalue weighted by Gasteiger charge is 2.09. The zero-order valence-electron chi connectivity index (χ0n) is 10.6. The van der Waals surface area contributed by atoms with E-state index in [1.807, 2.05) is 7.05 Å². The number of hydrogen-bond acceptors (Lipinski definition) is 4. The highest BCUT2D eigenvalue weighted by atomic mass is 79.9. The lowest BCUT2D eigenvalue weighted by Crippen LogP contribution is -2.12. The minimum atomic E-state index is 0.276. The molecular formula is C13H16BrN3S. The number of nitrogens with zero attached hydrogens (tertiary/aromatic N) is 1. The summed E-state index contributed by atoms with van der Waals surface area (Å²) in [6.07, 6.45) is 0. The Bertz CT molecular complexity index is 539. The van der Waals surface area contributed by atoms with E-state index in [9.17, 15) is 0 Å². The molecule has 0 aliphatic carbocycles. The summed E-state index contributed by atoms with van der Waals surface area (Å²) in [5, 5.41) is 9.50. The Morgan fingerprint density at radius 2 is 2.17 bits per heavy atom. The first-order chi connectivity index (χ1) is 8.60. The second-order valence-electron chi connectivity index (χ2n) is 4.20. The standard InChI is InChI=1S/C13H16BrN3S/c1-8-4-5-11(10(14)6-8)16-13-17-12(7-18-13)9(2)15-3/h4-7,9,15H,1-3H3,(H,16,17). The van der Waals surface area contributed by atoms with Gasteiger partial charge in [-0.2, -0.15) is 0 Å². The van der Waals surface area contributed by atoms with Crippen LogP contribution >= 0.6 is 27.3 Å². The molecule has 0 aliphatic rings. The van der Waals surface area contributed by atoms with Crippen LogP contribution in [0.5, 0.6) is 0 Å². The van der Waals surface area contributed by atoms with Crippen molar-refractivity contribution in [1.29, 1.82) is 0 Å². The van der Waals surface area contributed by atoms with Gasteiger partial charge in [-0.15, -0.1) is 11.3 Å². The van der Waals surface area contributed by atoms with Crippen molar-refractivity contribution < 1.29 is 0 Å². The molecule has 2 N–H and O–H groups in total. The summed E-state index contributed by atoms with van der Waals surface area (Å²) in [5.41, 5.74) is 3.34. The van der Waals surface area contributed by atoms with Gasteiger partial charge in [0.05, 0.1) is 11.4 Å². The molecule has 5 heteroatoms. The summed E-state index contributed by atoms with van der Waals surface area (Å²) in [7, 11) is 1.94. The Kier molecular flexibility index (Phi) is 4.37. The summed E-state index contributed by atoms with van der Waals surface area (Å²) < 4.78 is 1.06. The number of aryl methyl sites for hydroxylation is 1. The van der Waals surface area contributed by atoms with Gasteiger partial charge in [0.25, 0.3) is 0 Å². The van der Waals surface area contributed by atoms with Gasteiger partial charge in [0.2, 0.25) is 0 Å². The lowest BCUT2D eigenvalue weighted by atomic mass is 10.2. The van der Waals surface area contributed by atoms with E-state index in [1.54, 1.807) is 11.3 Å². The summed E-state index contributed by atoms with van der Waals surface area (Å²) in [4.78, 5) is 4.56. The molecule has 96 valence electrons. The molecule has 1 atom stereocenters. The Morgan fingerprint density at radius 3 is 2.83 bits per heavy atom. The molecule has 3 nitrogen and oxygen atoms in total. The number of rotatable bonds is 4. The van der Waals surface area contributed by atoms with E-state index in [2.05, 4.69) is 69.0 Å². The van der Waals surface area contributed by atoms with Crippen molar-refractivity contribution >= 4 is 38.1 Å². The highest BCUT2D eigenvalue weighted by molar-refractivity contribution is 9.10. The van der Waals surface area contributed by atoms with Crippen LogP contribution in [-0.4, -0.2) is 12.0 Å². The van der Waals surface area contributed by atoms with Crippen LogP contribution < -0.4 is 10.6 Å². The number of nitrogens with one attached hydrogen (secondary N) is 2. The van der Waals surface area contributed by atoms with Crippen molar-refractivity contribution in [3.8, 4) is 0 Å². The number of halogens is 1. The maximum atomic E-state index is 4.56. The monoisotopic (exact) mass is 325 g/mol. The van der Waals surface area contributed by atoms with E-state index in [0.717, 1.165) is 21.0 Å². The predicted octanol–water partition coefficient (Wildman–Crippen LogP) is 4.24. The molecular weight excluding hydrogens is 310 g/mol. The SMILES string of the molecule is CNC(C)c1csc(Nc2ccc(C)cc2Br)n1. The third-order valence-electron chi connectivity index (χ3n) is 2.76. The Balaban J connectivity index is 2.16. The normalized spacial score (nSPS) is 12.4. The molecule has 1 heterocycles. The second-order valence-corrected chi connectivity index (χ2v) is 5.91. The first-order valence-electron chi connectivity index (χ1n) is 5.76. The molecule has 1 unspecified atom stereocenters. The molecule has 2 aromatic rings. The average Bonchev–Trinajstić information content (AvgIpc) is 2.80. The number of aromatic nitrogens is 1. The molecule has 1 aromatic carbocycles. The van der Waals surface area contributed by atoms with E-state index in [4.69, 9.17) is 0 Å². The second kappa shape index (κ2) is 5.82. The number of anilines is 2. The van der Waals surface area contributed by atoms with Crippen molar-refractivity contribution in [2.75, 3.05) is 12.4 Å². The number of hydrogen-bond donors (Lipinski definition) is 2. The summed E-state index contributed by atoms with van der Waals surface area (Å²) >= 11 is 5.17. The molecule has 0 aliphatic heterocycles. The van der Waals surface area contributed by atoms with Crippen LogP contribution in [0.3, 0.4) is 0 Å². The number of thiazole rings is 1. The first kappa shape index (κ1) is 13.5. The van der Waals surface area contributed by atoms with Crippen molar-refractivity contribution in [2.45, 2.75) is 19.9 Å². The third kappa shape index (κ3) is 3.10. The molecule has 0 spiro atoms. The minimum absolute atomic E-state index is 0.276. The lowest BCUT2D eigenvalue weighted by molar-refractivity contribution is 0.637. The van der Waals surface area contributed by atoms with E-state index in [1.165, 1.54) is 5.56 Å². The molecule has 0 radical (unpaired) electrons. The van der Waals surface area contributed by atoms with Gasteiger partial charge in [-0.25, -0.2) is 4.98 Å². The van der Waals surface area contributed by atoms with Crippen LogP contribution in [-0.2, 0) is 0 Å².